The van der Waals surface area contributed by atoms with E-state index in [1.54, 1.807) is 0 Å². The molecule has 22 heavy (non-hydrogen) atoms. The summed E-state index contributed by atoms with van der Waals surface area (Å²) in [5.74, 6) is 7.51. The molecule has 3 rings (SSSR count). The number of aryl methyl sites for hydroxylation is 1. The van der Waals surface area contributed by atoms with Gasteiger partial charge in [-0.3, -0.25) is 4.90 Å². The van der Waals surface area contributed by atoms with Crippen molar-refractivity contribution in [3.05, 3.63) is 35.4 Å². The third kappa shape index (κ3) is 3.89. The van der Waals surface area contributed by atoms with Gasteiger partial charge < -0.3 is 9.64 Å². The van der Waals surface area contributed by atoms with Crippen molar-refractivity contribution in [3.63, 3.8) is 0 Å². The van der Waals surface area contributed by atoms with Gasteiger partial charge in [0.2, 0.25) is 0 Å². The molecule has 1 aromatic carbocycles. The Balaban J connectivity index is 1.75. The molecule has 0 aromatic heterocycles. The number of likely N-dealkylation sites (N-methyl/N-ethyl adjacent to an activating group) is 1. The highest BCUT2D eigenvalue weighted by molar-refractivity contribution is 5.37. The molecule has 0 radical (unpaired) electrons. The SMILES string of the molecule is Cc1ccc(C#CC(C2CCOC2)N2CCN(C)CC2)cc1. The molecule has 2 atom stereocenters. The van der Waals surface area contributed by atoms with E-state index in [1.807, 2.05) is 0 Å². The van der Waals surface area contributed by atoms with Crippen molar-refractivity contribution >= 4 is 0 Å². The van der Waals surface area contributed by atoms with Crippen LogP contribution in [0.15, 0.2) is 24.3 Å². The lowest BCUT2D eigenvalue weighted by Crippen LogP contribution is -2.51. The lowest BCUT2D eigenvalue weighted by atomic mass is 9.96. The van der Waals surface area contributed by atoms with Crippen molar-refractivity contribution in [3.8, 4) is 11.8 Å². The van der Waals surface area contributed by atoms with Crippen molar-refractivity contribution in [1.82, 2.24) is 9.80 Å². The van der Waals surface area contributed by atoms with E-state index in [0.29, 0.717) is 12.0 Å². The molecular weight excluding hydrogens is 272 g/mol. The number of nitrogens with zero attached hydrogens (tertiary/aromatic N) is 2. The van der Waals surface area contributed by atoms with Gasteiger partial charge >= 0.3 is 0 Å². The van der Waals surface area contributed by atoms with Crippen LogP contribution in [0, 0.1) is 24.7 Å². The van der Waals surface area contributed by atoms with Crippen molar-refractivity contribution in [2.45, 2.75) is 19.4 Å². The molecule has 2 unspecified atom stereocenters. The van der Waals surface area contributed by atoms with Crippen LogP contribution in [0.2, 0.25) is 0 Å². The van der Waals surface area contributed by atoms with Gasteiger partial charge in [-0.05, 0) is 32.5 Å². The molecule has 118 valence electrons. The van der Waals surface area contributed by atoms with E-state index in [0.717, 1.165) is 51.4 Å². The lowest BCUT2D eigenvalue weighted by Gasteiger charge is -2.37. The number of hydrogen-bond acceptors (Lipinski definition) is 3. The Labute approximate surface area is 134 Å². The first-order valence-electron chi connectivity index (χ1n) is 8.31. The normalized spacial score (nSPS) is 24.7. The third-order valence-electron chi connectivity index (χ3n) is 4.76. The predicted octanol–water partition coefficient (Wildman–Crippen LogP) is 2.00. The van der Waals surface area contributed by atoms with Gasteiger partial charge in [0, 0.05) is 44.3 Å². The summed E-state index contributed by atoms with van der Waals surface area (Å²) in [7, 11) is 2.20. The molecule has 2 saturated heterocycles. The second-order valence-corrected chi connectivity index (χ2v) is 6.54. The summed E-state index contributed by atoms with van der Waals surface area (Å²) in [6.45, 7) is 8.36. The Morgan fingerprint density at radius 2 is 1.86 bits per heavy atom. The van der Waals surface area contributed by atoms with Gasteiger partial charge in [-0.1, -0.05) is 29.5 Å². The molecule has 2 fully saturated rings. The third-order valence-corrected chi connectivity index (χ3v) is 4.76. The maximum absolute atomic E-state index is 5.61. The molecule has 2 heterocycles. The molecule has 0 aliphatic carbocycles. The zero-order valence-electron chi connectivity index (χ0n) is 13.7. The first-order valence-corrected chi connectivity index (χ1v) is 8.31. The number of ether oxygens (including phenoxy) is 1. The molecule has 3 nitrogen and oxygen atoms in total. The first-order chi connectivity index (χ1) is 10.7. The number of piperazine rings is 1. The highest BCUT2D eigenvalue weighted by atomic mass is 16.5. The van der Waals surface area contributed by atoms with E-state index in [9.17, 15) is 0 Å². The zero-order chi connectivity index (χ0) is 15.4. The van der Waals surface area contributed by atoms with E-state index >= 15 is 0 Å². The van der Waals surface area contributed by atoms with Crippen LogP contribution in [0.4, 0.5) is 0 Å². The first kappa shape index (κ1) is 15.6. The molecule has 0 amide bonds. The van der Waals surface area contributed by atoms with Gasteiger partial charge in [0.25, 0.3) is 0 Å². The van der Waals surface area contributed by atoms with Crippen molar-refractivity contribution in [2.75, 3.05) is 46.4 Å². The average molecular weight is 298 g/mol. The fourth-order valence-corrected chi connectivity index (χ4v) is 3.20. The minimum absolute atomic E-state index is 0.331. The molecule has 0 bridgehead atoms. The summed E-state index contributed by atoms with van der Waals surface area (Å²) in [6.07, 6.45) is 1.14. The summed E-state index contributed by atoms with van der Waals surface area (Å²) in [6, 6.07) is 8.84. The predicted molar refractivity (Wildman–Crippen MR) is 89.8 cm³/mol. The Morgan fingerprint density at radius 3 is 2.50 bits per heavy atom. The summed E-state index contributed by atoms with van der Waals surface area (Å²) >= 11 is 0. The summed E-state index contributed by atoms with van der Waals surface area (Å²) < 4.78 is 5.61. The van der Waals surface area contributed by atoms with Gasteiger partial charge in [-0.2, -0.15) is 0 Å². The molecule has 0 N–H and O–H groups in total. The Hall–Kier alpha value is -1.34. The van der Waals surface area contributed by atoms with Crippen LogP contribution in [0.3, 0.4) is 0 Å². The van der Waals surface area contributed by atoms with Crippen LogP contribution in [0.1, 0.15) is 17.5 Å². The maximum Gasteiger partial charge on any atom is 0.0770 e. The smallest absolute Gasteiger partial charge is 0.0770 e. The van der Waals surface area contributed by atoms with Gasteiger partial charge in [0.05, 0.1) is 12.6 Å². The second-order valence-electron chi connectivity index (χ2n) is 6.54. The van der Waals surface area contributed by atoms with E-state index in [1.165, 1.54) is 5.56 Å². The Kier molecular flexibility index (Phi) is 5.15. The number of rotatable bonds is 2. The van der Waals surface area contributed by atoms with Crippen LogP contribution >= 0.6 is 0 Å². The van der Waals surface area contributed by atoms with Crippen molar-refractivity contribution in [2.24, 2.45) is 5.92 Å². The second kappa shape index (κ2) is 7.28. The molecule has 0 saturated carbocycles. The minimum Gasteiger partial charge on any atom is -0.381 e. The van der Waals surface area contributed by atoms with Crippen LogP contribution in [0.25, 0.3) is 0 Å². The van der Waals surface area contributed by atoms with E-state index < -0.39 is 0 Å². The topological polar surface area (TPSA) is 15.7 Å². The monoisotopic (exact) mass is 298 g/mol. The maximum atomic E-state index is 5.61. The Bertz CT molecular complexity index is 529. The molecule has 2 aliphatic heterocycles. The van der Waals surface area contributed by atoms with Crippen LogP contribution in [-0.2, 0) is 4.74 Å². The number of hydrogen-bond donors (Lipinski definition) is 0. The highest BCUT2D eigenvalue weighted by Crippen LogP contribution is 2.22. The molecule has 2 aliphatic rings. The summed E-state index contributed by atoms with van der Waals surface area (Å²) in [5, 5.41) is 0. The fourth-order valence-electron chi connectivity index (χ4n) is 3.20. The lowest BCUT2D eigenvalue weighted by molar-refractivity contribution is 0.0982. The number of benzene rings is 1. The van der Waals surface area contributed by atoms with E-state index in [2.05, 4.69) is 59.9 Å². The van der Waals surface area contributed by atoms with E-state index in [-0.39, 0.29) is 0 Å². The van der Waals surface area contributed by atoms with Crippen molar-refractivity contribution in [1.29, 1.82) is 0 Å². The highest BCUT2D eigenvalue weighted by Gasteiger charge is 2.30. The molecule has 1 aromatic rings. The van der Waals surface area contributed by atoms with Crippen molar-refractivity contribution < 1.29 is 4.74 Å². The molecule has 3 heteroatoms. The van der Waals surface area contributed by atoms with Gasteiger partial charge in [0.1, 0.15) is 0 Å². The standard InChI is InChI=1S/C19H26N2O/c1-16-3-5-17(6-4-16)7-8-19(18-9-14-22-15-18)21-12-10-20(2)11-13-21/h3-6,18-19H,9-15H2,1-2H3. The molecule has 0 spiro atoms. The van der Waals surface area contributed by atoms with Gasteiger partial charge in [-0.25, -0.2) is 0 Å². The fraction of sp³-hybridized carbons (Fsp3) is 0.579. The van der Waals surface area contributed by atoms with Gasteiger partial charge in [-0.15, -0.1) is 0 Å². The largest absolute Gasteiger partial charge is 0.381 e. The zero-order valence-corrected chi connectivity index (χ0v) is 13.7. The van der Waals surface area contributed by atoms with E-state index in [4.69, 9.17) is 4.74 Å². The van der Waals surface area contributed by atoms with Crippen LogP contribution in [0.5, 0.6) is 0 Å². The summed E-state index contributed by atoms with van der Waals surface area (Å²) in [5.41, 5.74) is 2.40. The van der Waals surface area contributed by atoms with Gasteiger partial charge in [0.15, 0.2) is 0 Å². The summed E-state index contributed by atoms with van der Waals surface area (Å²) in [4.78, 5) is 4.95. The average Bonchev–Trinajstić information content (AvgIpc) is 3.05. The molecular formula is C19H26N2O. The Morgan fingerprint density at radius 1 is 1.14 bits per heavy atom. The minimum atomic E-state index is 0.331. The quantitative estimate of drug-likeness (QED) is 0.777. The van der Waals surface area contributed by atoms with Crippen LogP contribution in [-0.4, -0.2) is 62.3 Å². The van der Waals surface area contributed by atoms with Crippen LogP contribution < -0.4 is 0 Å².